The molecule has 1 rings (SSSR count). The Morgan fingerprint density at radius 1 is 1.00 bits per heavy atom. The fraction of sp³-hybridized carbons (Fsp3) is 0.846. The summed E-state index contributed by atoms with van der Waals surface area (Å²) in [5.74, 6) is 0.178. The van der Waals surface area contributed by atoms with Gasteiger partial charge in [-0.05, 0) is 18.8 Å². The highest BCUT2D eigenvalue weighted by Crippen LogP contribution is 2.26. The SMILES string of the molecule is O=C(O)CCCCC(=O)CC1CCCCC1. The number of rotatable bonds is 7. The Labute approximate surface area is 97.2 Å². The molecule has 0 amide bonds. The van der Waals surface area contributed by atoms with E-state index < -0.39 is 5.97 Å². The van der Waals surface area contributed by atoms with Crippen molar-refractivity contribution in [3.8, 4) is 0 Å². The molecule has 0 spiro atoms. The van der Waals surface area contributed by atoms with Gasteiger partial charge in [0.1, 0.15) is 5.78 Å². The van der Waals surface area contributed by atoms with Crippen LogP contribution in [0.3, 0.4) is 0 Å². The van der Waals surface area contributed by atoms with Gasteiger partial charge in [0.15, 0.2) is 0 Å². The molecule has 1 saturated carbocycles. The minimum atomic E-state index is -0.764. The predicted molar refractivity (Wildman–Crippen MR) is 62.3 cm³/mol. The van der Waals surface area contributed by atoms with E-state index in [-0.39, 0.29) is 6.42 Å². The third kappa shape index (κ3) is 5.89. The molecule has 0 aromatic rings. The number of carboxylic acids is 1. The molecule has 92 valence electrons. The third-order valence-electron chi connectivity index (χ3n) is 3.34. The zero-order valence-electron chi connectivity index (χ0n) is 9.91. The number of ketones is 1. The molecule has 0 unspecified atom stereocenters. The molecule has 1 N–H and O–H groups in total. The summed E-state index contributed by atoms with van der Waals surface area (Å²) in [4.78, 5) is 21.9. The average Bonchev–Trinajstić information content (AvgIpc) is 2.25. The first-order valence-corrected chi connectivity index (χ1v) is 6.42. The zero-order chi connectivity index (χ0) is 11.8. The van der Waals surface area contributed by atoms with E-state index >= 15 is 0 Å². The van der Waals surface area contributed by atoms with E-state index in [9.17, 15) is 9.59 Å². The minimum absolute atomic E-state index is 0.191. The van der Waals surface area contributed by atoms with Crippen LogP contribution in [0.25, 0.3) is 0 Å². The summed E-state index contributed by atoms with van der Waals surface area (Å²) in [5, 5.41) is 8.45. The maximum Gasteiger partial charge on any atom is 0.303 e. The maximum atomic E-state index is 11.6. The van der Waals surface area contributed by atoms with Gasteiger partial charge in [-0.3, -0.25) is 9.59 Å². The highest BCUT2D eigenvalue weighted by atomic mass is 16.4. The van der Waals surface area contributed by atoms with Gasteiger partial charge >= 0.3 is 5.97 Å². The first-order valence-electron chi connectivity index (χ1n) is 6.42. The molecule has 0 heterocycles. The molecular formula is C13H22O3. The van der Waals surface area contributed by atoms with E-state index in [0.29, 0.717) is 24.5 Å². The summed E-state index contributed by atoms with van der Waals surface area (Å²) in [6.45, 7) is 0. The Bertz CT molecular complexity index is 229. The quantitative estimate of drug-likeness (QED) is 0.678. The van der Waals surface area contributed by atoms with Crippen LogP contribution in [0, 0.1) is 5.92 Å². The highest BCUT2D eigenvalue weighted by molar-refractivity contribution is 5.78. The maximum absolute atomic E-state index is 11.6. The number of carbonyl (C=O) groups is 2. The van der Waals surface area contributed by atoms with Gasteiger partial charge in [-0.2, -0.15) is 0 Å². The van der Waals surface area contributed by atoms with Crippen molar-refractivity contribution in [3.05, 3.63) is 0 Å². The Morgan fingerprint density at radius 2 is 1.62 bits per heavy atom. The molecule has 0 bridgehead atoms. The summed E-state index contributed by atoms with van der Waals surface area (Å²) in [6.07, 6.45) is 9.15. The van der Waals surface area contributed by atoms with E-state index in [1.165, 1.54) is 32.1 Å². The summed E-state index contributed by atoms with van der Waals surface area (Å²) in [5.41, 5.74) is 0. The summed E-state index contributed by atoms with van der Waals surface area (Å²) < 4.78 is 0. The molecule has 0 atom stereocenters. The van der Waals surface area contributed by atoms with Crippen molar-refractivity contribution in [1.29, 1.82) is 0 Å². The standard InChI is InChI=1S/C13H22O3/c14-12(8-4-5-9-13(15)16)10-11-6-2-1-3-7-11/h11H,1-10H2,(H,15,16). The molecule has 1 fully saturated rings. The lowest BCUT2D eigenvalue weighted by Crippen LogP contribution is -2.12. The van der Waals surface area contributed by atoms with Gasteiger partial charge in [-0.1, -0.05) is 32.1 Å². The van der Waals surface area contributed by atoms with E-state index in [4.69, 9.17) is 5.11 Å². The van der Waals surface area contributed by atoms with Crippen molar-refractivity contribution < 1.29 is 14.7 Å². The van der Waals surface area contributed by atoms with Gasteiger partial charge in [0.2, 0.25) is 0 Å². The molecule has 3 heteroatoms. The molecule has 0 aromatic carbocycles. The molecule has 0 aromatic heterocycles. The van der Waals surface area contributed by atoms with Gasteiger partial charge < -0.3 is 5.11 Å². The largest absolute Gasteiger partial charge is 0.481 e. The Hall–Kier alpha value is -0.860. The van der Waals surface area contributed by atoms with Gasteiger partial charge in [-0.15, -0.1) is 0 Å². The van der Waals surface area contributed by atoms with Crippen molar-refractivity contribution in [2.75, 3.05) is 0 Å². The van der Waals surface area contributed by atoms with Crippen LogP contribution in [-0.4, -0.2) is 16.9 Å². The number of unbranched alkanes of at least 4 members (excludes halogenated alkanes) is 1. The van der Waals surface area contributed by atoms with Crippen LogP contribution in [0.5, 0.6) is 0 Å². The summed E-state index contributed by atoms with van der Waals surface area (Å²) in [6, 6.07) is 0. The first-order chi connectivity index (χ1) is 7.68. The fourth-order valence-corrected chi connectivity index (χ4v) is 2.41. The first kappa shape index (κ1) is 13.2. The number of aliphatic carboxylic acids is 1. The second-order valence-electron chi connectivity index (χ2n) is 4.85. The normalized spacial score (nSPS) is 17.2. The molecule has 3 nitrogen and oxygen atoms in total. The number of carboxylic acid groups (broad SMARTS) is 1. The predicted octanol–water partition coefficient (Wildman–Crippen LogP) is 3.17. The van der Waals surface area contributed by atoms with Crippen LogP contribution in [0.4, 0.5) is 0 Å². The van der Waals surface area contributed by atoms with Gasteiger partial charge in [0.05, 0.1) is 0 Å². The van der Waals surface area contributed by atoms with Crippen molar-refractivity contribution in [2.45, 2.75) is 64.2 Å². The number of Topliss-reactive ketones (excluding diaryl/α,β-unsaturated/α-hetero) is 1. The van der Waals surface area contributed by atoms with Gasteiger partial charge in [0.25, 0.3) is 0 Å². The van der Waals surface area contributed by atoms with Crippen LogP contribution in [0.2, 0.25) is 0 Å². The Kier molecular flexibility index (Phi) is 6.12. The average molecular weight is 226 g/mol. The minimum Gasteiger partial charge on any atom is -0.481 e. The van der Waals surface area contributed by atoms with Crippen LogP contribution in [0.1, 0.15) is 64.2 Å². The molecule has 1 aliphatic rings. The van der Waals surface area contributed by atoms with E-state index in [1.54, 1.807) is 0 Å². The van der Waals surface area contributed by atoms with Crippen LogP contribution in [-0.2, 0) is 9.59 Å². The lowest BCUT2D eigenvalue weighted by molar-refractivity contribution is -0.137. The van der Waals surface area contributed by atoms with Gasteiger partial charge in [0, 0.05) is 19.3 Å². The highest BCUT2D eigenvalue weighted by Gasteiger charge is 2.16. The van der Waals surface area contributed by atoms with Gasteiger partial charge in [-0.25, -0.2) is 0 Å². The molecular weight excluding hydrogens is 204 g/mol. The molecule has 1 aliphatic carbocycles. The van der Waals surface area contributed by atoms with E-state index in [1.807, 2.05) is 0 Å². The molecule has 0 saturated heterocycles. The third-order valence-corrected chi connectivity index (χ3v) is 3.34. The van der Waals surface area contributed by atoms with Crippen LogP contribution in [0.15, 0.2) is 0 Å². The number of carbonyl (C=O) groups excluding carboxylic acids is 1. The topological polar surface area (TPSA) is 54.4 Å². The zero-order valence-corrected chi connectivity index (χ0v) is 9.91. The Balaban J connectivity index is 2.03. The van der Waals surface area contributed by atoms with Crippen molar-refractivity contribution >= 4 is 11.8 Å². The summed E-state index contributed by atoms with van der Waals surface area (Å²) >= 11 is 0. The van der Waals surface area contributed by atoms with Crippen molar-refractivity contribution in [3.63, 3.8) is 0 Å². The fourth-order valence-electron chi connectivity index (χ4n) is 2.41. The van der Waals surface area contributed by atoms with Crippen molar-refractivity contribution in [1.82, 2.24) is 0 Å². The van der Waals surface area contributed by atoms with Crippen LogP contribution >= 0.6 is 0 Å². The number of hydrogen-bond donors (Lipinski definition) is 1. The molecule has 16 heavy (non-hydrogen) atoms. The number of hydrogen-bond acceptors (Lipinski definition) is 2. The second-order valence-corrected chi connectivity index (χ2v) is 4.85. The van der Waals surface area contributed by atoms with Crippen molar-refractivity contribution in [2.24, 2.45) is 5.92 Å². The van der Waals surface area contributed by atoms with E-state index in [0.717, 1.165) is 12.8 Å². The monoisotopic (exact) mass is 226 g/mol. The summed E-state index contributed by atoms with van der Waals surface area (Å²) in [7, 11) is 0. The lowest BCUT2D eigenvalue weighted by atomic mass is 9.85. The Morgan fingerprint density at radius 3 is 2.25 bits per heavy atom. The van der Waals surface area contributed by atoms with Crippen LogP contribution < -0.4 is 0 Å². The molecule has 0 radical (unpaired) electrons. The molecule has 0 aliphatic heterocycles. The second kappa shape index (κ2) is 7.42. The van der Waals surface area contributed by atoms with E-state index in [2.05, 4.69) is 0 Å². The smallest absolute Gasteiger partial charge is 0.303 e. The lowest BCUT2D eigenvalue weighted by Gasteiger charge is -2.20.